The highest BCUT2D eigenvalue weighted by atomic mass is 16.6. The number of amides is 3. The van der Waals surface area contributed by atoms with E-state index in [9.17, 15) is 19.5 Å². The molecule has 5 N–H and O–H groups in total. The number of ether oxygens (including phenoxy) is 1. The first-order chi connectivity index (χ1) is 21.2. The fraction of sp³-hybridized carbons (Fsp3) is 0.314. The van der Waals surface area contributed by atoms with Crippen molar-refractivity contribution in [2.24, 2.45) is 5.73 Å². The molecule has 0 aliphatic rings. The molecule has 0 radical (unpaired) electrons. The lowest BCUT2D eigenvalue weighted by Gasteiger charge is -2.33. The second-order valence-corrected chi connectivity index (χ2v) is 12.2. The molecule has 0 bridgehead atoms. The van der Waals surface area contributed by atoms with Crippen LogP contribution in [0.2, 0.25) is 0 Å². The summed E-state index contributed by atoms with van der Waals surface area (Å²) in [5, 5.41) is 12.9. The summed E-state index contributed by atoms with van der Waals surface area (Å²) in [6, 6.07) is 18.1. The number of alkyl carbamates (subject to hydrolysis) is 1. The van der Waals surface area contributed by atoms with Gasteiger partial charge in [-0.15, -0.1) is 0 Å². The standard InChI is InChI=1S/C35H41N5O5/c1-21-15-27(41)16-22(2)28(21)18-29(39-34(44)45-35(4,5)6)33(43)40(20-24-11-10-14-26(17-24)31(36)42)23(3)32-37-19-30(38-32)25-12-8-7-9-13-25/h7-17,19,23,29,41H,18,20H2,1-6H3,(H2,36,42)(H,37,38)(H,39,44)/t23-,29-/m0/s1. The van der Waals surface area contributed by atoms with E-state index in [1.54, 1.807) is 62.2 Å². The number of hydrogen-bond donors (Lipinski definition) is 4. The first-order valence-electron chi connectivity index (χ1n) is 14.8. The Hall–Kier alpha value is -5.12. The van der Waals surface area contributed by atoms with Crippen LogP contribution in [-0.4, -0.2) is 49.5 Å². The number of phenolic OH excluding ortho intramolecular Hbond substituents is 1. The zero-order valence-electron chi connectivity index (χ0n) is 26.5. The van der Waals surface area contributed by atoms with Crippen molar-refractivity contribution >= 4 is 17.9 Å². The van der Waals surface area contributed by atoms with E-state index in [-0.39, 0.29) is 24.6 Å². The Morgan fingerprint density at radius 2 is 1.69 bits per heavy atom. The predicted octanol–water partition coefficient (Wildman–Crippen LogP) is 5.72. The van der Waals surface area contributed by atoms with Crippen LogP contribution in [0.1, 0.15) is 72.2 Å². The Morgan fingerprint density at radius 1 is 1.02 bits per heavy atom. The van der Waals surface area contributed by atoms with Crippen LogP contribution in [0.3, 0.4) is 0 Å². The molecule has 10 heteroatoms. The number of primary amides is 1. The van der Waals surface area contributed by atoms with E-state index >= 15 is 0 Å². The van der Waals surface area contributed by atoms with Crippen LogP contribution in [-0.2, 0) is 22.5 Å². The first-order valence-corrected chi connectivity index (χ1v) is 14.8. The zero-order valence-corrected chi connectivity index (χ0v) is 26.5. The molecule has 3 amide bonds. The van der Waals surface area contributed by atoms with Gasteiger partial charge in [-0.3, -0.25) is 9.59 Å². The van der Waals surface area contributed by atoms with Gasteiger partial charge in [0.25, 0.3) is 0 Å². The number of imidazole rings is 1. The maximum absolute atomic E-state index is 14.6. The second kappa shape index (κ2) is 13.7. The van der Waals surface area contributed by atoms with E-state index in [2.05, 4.69) is 15.3 Å². The lowest BCUT2D eigenvalue weighted by atomic mass is 9.95. The molecule has 3 aromatic carbocycles. The van der Waals surface area contributed by atoms with Crippen LogP contribution in [0, 0.1) is 13.8 Å². The van der Waals surface area contributed by atoms with E-state index in [4.69, 9.17) is 10.5 Å². The largest absolute Gasteiger partial charge is 0.508 e. The van der Waals surface area contributed by atoms with Crippen LogP contribution < -0.4 is 11.1 Å². The molecule has 2 atom stereocenters. The fourth-order valence-electron chi connectivity index (χ4n) is 5.23. The Labute approximate surface area is 263 Å². The number of carbonyl (C=O) groups excluding carboxylic acids is 3. The molecule has 0 saturated heterocycles. The number of benzene rings is 3. The number of H-pyrrole nitrogens is 1. The van der Waals surface area contributed by atoms with Crippen molar-refractivity contribution in [2.45, 2.75) is 72.2 Å². The Balaban J connectivity index is 1.76. The minimum Gasteiger partial charge on any atom is -0.508 e. The molecular weight excluding hydrogens is 570 g/mol. The first kappa shape index (κ1) is 32.8. The quantitative estimate of drug-likeness (QED) is 0.180. The summed E-state index contributed by atoms with van der Waals surface area (Å²) in [5.74, 6) is -0.305. The van der Waals surface area contributed by atoms with Gasteiger partial charge in [0.15, 0.2) is 0 Å². The smallest absolute Gasteiger partial charge is 0.408 e. The van der Waals surface area contributed by atoms with Crippen LogP contribution in [0.25, 0.3) is 11.3 Å². The van der Waals surface area contributed by atoms with Crippen molar-refractivity contribution in [3.63, 3.8) is 0 Å². The zero-order chi connectivity index (χ0) is 32.9. The fourth-order valence-corrected chi connectivity index (χ4v) is 5.23. The lowest BCUT2D eigenvalue weighted by molar-refractivity contribution is -0.136. The van der Waals surface area contributed by atoms with Gasteiger partial charge in [-0.25, -0.2) is 9.78 Å². The van der Waals surface area contributed by atoms with Crippen molar-refractivity contribution in [2.75, 3.05) is 0 Å². The highest BCUT2D eigenvalue weighted by molar-refractivity contribution is 5.93. The molecular formula is C35H41N5O5. The molecule has 10 nitrogen and oxygen atoms in total. The maximum atomic E-state index is 14.6. The summed E-state index contributed by atoms with van der Waals surface area (Å²) in [4.78, 5) is 49.2. The van der Waals surface area contributed by atoms with Crippen LogP contribution >= 0.6 is 0 Å². The molecule has 236 valence electrons. The molecule has 0 saturated carbocycles. The van der Waals surface area contributed by atoms with Gasteiger partial charge < -0.3 is 30.8 Å². The van der Waals surface area contributed by atoms with Crippen molar-refractivity contribution < 1.29 is 24.2 Å². The number of hydrogen-bond acceptors (Lipinski definition) is 6. The number of aromatic nitrogens is 2. The second-order valence-electron chi connectivity index (χ2n) is 12.2. The number of rotatable bonds is 10. The van der Waals surface area contributed by atoms with Crippen LogP contribution in [0.15, 0.2) is 72.9 Å². The average Bonchev–Trinajstić information content (AvgIpc) is 3.46. The number of aromatic amines is 1. The molecule has 1 aromatic heterocycles. The maximum Gasteiger partial charge on any atom is 0.408 e. The summed E-state index contributed by atoms with van der Waals surface area (Å²) in [6.07, 6.45) is 1.13. The summed E-state index contributed by atoms with van der Waals surface area (Å²) in [7, 11) is 0. The molecule has 0 spiro atoms. The number of phenols is 1. The summed E-state index contributed by atoms with van der Waals surface area (Å²) in [5.41, 5.74) is 9.86. The van der Waals surface area contributed by atoms with E-state index in [1.807, 2.05) is 57.2 Å². The molecule has 0 aliphatic heterocycles. The van der Waals surface area contributed by atoms with E-state index in [0.717, 1.165) is 27.9 Å². The highest BCUT2D eigenvalue weighted by Crippen LogP contribution is 2.27. The van der Waals surface area contributed by atoms with Gasteiger partial charge >= 0.3 is 6.09 Å². The molecule has 4 rings (SSSR count). The predicted molar refractivity (Wildman–Crippen MR) is 172 cm³/mol. The number of nitrogens with two attached hydrogens (primary N) is 1. The Bertz CT molecular complexity index is 1650. The topological polar surface area (TPSA) is 151 Å². The molecule has 0 unspecified atom stereocenters. The minimum atomic E-state index is -1.04. The highest BCUT2D eigenvalue weighted by Gasteiger charge is 2.33. The van der Waals surface area contributed by atoms with E-state index < -0.39 is 29.7 Å². The number of nitrogens with zero attached hydrogens (tertiary/aromatic N) is 2. The van der Waals surface area contributed by atoms with Gasteiger partial charge in [0.2, 0.25) is 11.8 Å². The lowest BCUT2D eigenvalue weighted by Crippen LogP contribution is -2.51. The molecule has 45 heavy (non-hydrogen) atoms. The molecule has 0 fully saturated rings. The van der Waals surface area contributed by atoms with Gasteiger partial charge in [0.1, 0.15) is 23.2 Å². The van der Waals surface area contributed by atoms with Gasteiger partial charge in [-0.2, -0.15) is 0 Å². The third-order valence-electron chi connectivity index (χ3n) is 7.47. The minimum absolute atomic E-state index is 0.0997. The normalized spacial score (nSPS) is 12.7. The Kier molecular flexibility index (Phi) is 9.96. The monoisotopic (exact) mass is 611 g/mol. The van der Waals surface area contributed by atoms with Crippen molar-refractivity contribution in [1.29, 1.82) is 0 Å². The number of nitrogens with one attached hydrogen (secondary N) is 2. The third-order valence-corrected chi connectivity index (χ3v) is 7.47. The van der Waals surface area contributed by atoms with Crippen molar-refractivity contribution in [3.8, 4) is 17.0 Å². The van der Waals surface area contributed by atoms with Crippen LogP contribution in [0.4, 0.5) is 4.79 Å². The van der Waals surface area contributed by atoms with Gasteiger partial charge in [-0.05, 0) is 93.6 Å². The number of aromatic hydroxyl groups is 1. The summed E-state index contributed by atoms with van der Waals surface area (Å²) >= 11 is 0. The summed E-state index contributed by atoms with van der Waals surface area (Å²) in [6.45, 7) is 10.9. The average molecular weight is 612 g/mol. The number of carbonyl (C=O) groups is 3. The Morgan fingerprint density at radius 3 is 2.31 bits per heavy atom. The van der Waals surface area contributed by atoms with Gasteiger partial charge in [0.05, 0.1) is 17.9 Å². The SMILES string of the molecule is Cc1cc(O)cc(C)c1C[C@H](NC(=O)OC(C)(C)C)C(=O)N(Cc1cccc(C(N)=O)c1)[C@@H](C)c1ncc(-c2ccccc2)[nH]1. The van der Waals surface area contributed by atoms with E-state index in [1.165, 1.54) is 0 Å². The van der Waals surface area contributed by atoms with Crippen molar-refractivity contribution in [1.82, 2.24) is 20.2 Å². The third kappa shape index (κ3) is 8.50. The number of aryl methyl sites for hydroxylation is 2. The summed E-state index contributed by atoms with van der Waals surface area (Å²) < 4.78 is 5.54. The molecule has 0 aliphatic carbocycles. The van der Waals surface area contributed by atoms with Crippen molar-refractivity contribution in [3.05, 3.63) is 107 Å². The van der Waals surface area contributed by atoms with Crippen LogP contribution in [0.5, 0.6) is 5.75 Å². The molecule has 1 heterocycles. The molecule has 4 aromatic rings. The van der Waals surface area contributed by atoms with Gasteiger partial charge in [-0.1, -0.05) is 42.5 Å². The van der Waals surface area contributed by atoms with E-state index in [0.29, 0.717) is 17.0 Å². The van der Waals surface area contributed by atoms with Gasteiger partial charge in [0, 0.05) is 18.5 Å².